The van der Waals surface area contributed by atoms with Crippen LogP contribution in [0.15, 0.2) is 47.5 Å². The van der Waals surface area contributed by atoms with Crippen LogP contribution in [0.4, 0.5) is 5.82 Å². The number of aromatic nitrogens is 1. The highest BCUT2D eigenvalue weighted by atomic mass is 16.2. The molecular weight excluding hydrogens is 368 g/mol. The van der Waals surface area contributed by atoms with Crippen molar-refractivity contribution in [3.63, 3.8) is 0 Å². The van der Waals surface area contributed by atoms with Crippen molar-refractivity contribution >= 4 is 23.6 Å². The summed E-state index contributed by atoms with van der Waals surface area (Å²) in [7, 11) is 5.13. The Morgan fingerprint density at radius 1 is 1.07 bits per heavy atom. The molecule has 1 aromatic carbocycles. The fraction of sp³-hybridized carbons (Fsp3) is 0.333. The van der Waals surface area contributed by atoms with Crippen LogP contribution in [0.25, 0.3) is 0 Å². The molecule has 2 rings (SSSR count). The van der Waals surface area contributed by atoms with Gasteiger partial charge in [-0.25, -0.2) is 4.98 Å². The second kappa shape index (κ2) is 10.8. The zero-order valence-corrected chi connectivity index (χ0v) is 17.3. The molecule has 0 atom stereocenters. The number of aliphatic imine (C=N–C) groups is 1. The first-order valence-electron chi connectivity index (χ1n) is 9.37. The molecule has 0 aliphatic rings. The van der Waals surface area contributed by atoms with E-state index in [9.17, 15) is 9.59 Å². The van der Waals surface area contributed by atoms with Crippen LogP contribution >= 0.6 is 0 Å². The van der Waals surface area contributed by atoms with Crippen molar-refractivity contribution in [1.29, 1.82) is 0 Å². The summed E-state index contributed by atoms with van der Waals surface area (Å²) < 4.78 is 0. The van der Waals surface area contributed by atoms with Gasteiger partial charge in [0, 0.05) is 51.9 Å². The van der Waals surface area contributed by atoms with Crippen molar-refractivity contribution in [2.24, 2.45) is 4.99 Å². The number of aryl methyl sites for hydroxylation is 1. The topological polar surface area (TPSA) is 98.7 Å². The van der Waals surface area contributed by atoms with E-state index in [-0.39, 0.29) is 18.2 Å². The highest BCUT2D eigenvalue weighted by molar-refractivity contribution is 5.94. The van der Waals surface area contributed by atoms with E-state index < -0.39 is 0 Å². The number of amides is 2. The molecule has 2 aromatic rings. The average Bonchev–Trinajstić information content (AvgIpc) is 2.70. The second-order valence-electron chi connectivity index (χ2n) is 6.71. The van der Waals surface area contributed by atoms with E-state index in [0.717, 1.165) is 11.3 Å². The molecule has 2 amide bonds. The fourth-order valence-corrected chi connectivity index (χ4v) is 2.54. The average molecular weight is 396 g/mol. The molecule has 0 spiro atoms. The number of carbonyl (C=O) groups excluding carboxylic acids is 2. The predicted octanol–water partition coefficient (Wildman–Crippen LogP) is 1.79. The highest BCUT2D eigenvalue weighted by Crippen LogP contribution is 2.06. The summed E-state index contributed by atoms with van der Waals surface area (Å²) in [4.78, 5) is 33.9. The highest BCUT2D eigenvalue weighted by Gasteiger charge is 2.08. The van der Waals surface area contributed by atoms with Crippen molar-refractivity contribution in [3.8, 4) is 0 Å². The molecule has 0 aliphatic carbocycles. The minimum Gasteiger partial charge on any atom is -0.356 e. The number of guanidine groups is 1. The third-order valence-corrected chi connectivity index (χ3v) is 4.09. The molecule has 0 bridgehead atoms. The zero-order valence-electron chi connectivity index (χ0n) is 17.3. The molecule has 8 heteroatoms. The summed E-state index contributed by atoms with van der Waals surface area (Å²) in [5.74, 6) is 1.00. The lowest BCUT2D eigenvalue weighted by molar-refractivity contribution is -0.116. The summed E-state index contributed by atoms with van der Waals surface area (Å²) in [5, 5.41) is 9.07. The third kappa shape index (κ3) is 7.25. The monoisotopic (exact) mass is 396 g/mol. The summed E-state index contributed by atoms with van der Waals surface area (Å²) in [5.41, 5.74) is 2.52. The Morgan fingerprint density at radius 3 is 2.41 bits per heavy atom. The second-order valence-corrected chi connectivity index (χ2v) is 6.71. The summed E-state index contributed by atoms with van der Waals surface area (Å²) in [6.07, 6.45) is 0.289. The number of anilines is 1. The van der Waals surface area contributed by atoms with E-state index in [1.807, 2.05) is 31.2 Å². The largest absolute Gasteiger partial charge is 0.356 e. The summed E-state index contributed by atoms with van der Waals surface area (Å²) in [6, 6.07) is 12.9. The van der Waals surface area contributed by atoms with Gasteiger partial charge < -0.3 is 20.9 Å². The van der Waals surface area contributed by atoms with E-state index in [4.69, 9.17) is 0 Å². The van der Waals surface area contributed by atoms with Crippen molar-refractivity contribution in [1.82, 2.24) is 20.5 Å². The van der Waals surface area contributed by atoms with Gasteiger partial charge in [-0.3, -0.25) is 14.6 Å². The maximum atomic E-state index is 12.0. The van der Waals surface area contributed by atoms with Crippen LogP contribution in [0.2, 0.25) is 0 Å². The fourth-order valence-electron chi connectivity index (χ4n) is 2.54. The van der Waals surface area contributed by atoms with E-state index >= 15 is 0 Å². The Morgan fingerprint density at radius 2 is 1.79 bits per heavy atom. The first-order valence-corrected chi connectivity index (χ1v) is 9.37. The molecule has 8 nitrogen and oxygen atoms in total. The van der Waals surface area contributed by atoms with Crippen LogP contribution in [-0.2, 0) is 11.3 Å². The Kier molecular flexibility index (Phi) is 8.14. The number of pyridine rings is 1. The van der Waals surface area contributed by atoms with Crippen molar-refractivity contribution in [2.45, 2.75) is 19.9 Å². The Bertz CT molecular complexity index is 862. The van der Waals surface area contributed by atoms with Gasteiger partial charge in [-0.15, -0.1) is 0 Å². The minimum atomic E-state index is -0.118. The van der Waals surface area contributed by atoms with Gasteiger partial charge in [0.15, 0.2) is 5.96 Å². The molecule has 3 N–H and O–H groups in total. The zero-order chi connectivity index (χ0) is 21.2. The number of nitrogens with zero attached hydrogens (tertiary/aromatic N) is 3. The van der Waals surface area contributed by atoms with Crippen LogP contribution in [-0.4, -0.2) is 55.3 Å². The molecule has 154 valence electrons. The predicted molar refractivity (Wildman–Crippen MR) is 115 cm³/mol. The first kappa shape index (κ1) is 21.9. The van der Waals surface area contributed by atoms with E-state index in [1.165, 1.54) is 0 Å². The number of carbonyl (C=O) groups is 2. The maximum absolute atomic E-state index is 12.0. The summed E-state index contributed by atoms with van der Waals surface area (Å²) >= 11 is 0. The number of hydrogen-bond acceptors (Lipinski definition) is 4. The van der Waals surface area contributed by atoms with Gasteiger partial charge in [-0.05, 0) is 36.8 Å². The molecule has 0 saturated carbocycles. The lowest BCUT2D eigenvalue weighted by Crippen LogP contribution is -2.38. The van der Waals surface area contributed by atoms with Crippen molar-refractivity contribution in [3.05, 3.63) is 59.3 Å². The van der Waals surface area contributed by atoms with Crippen molar-refractivity contribution in [2.75, 3.05) is 33.0 Å². The van der Waals surface area contributed by atoms with Crippen LogP contribution in [0.1, 0.15) is 28.0 Å². The molecule has 1 heterocycles. The SMILES string of the molecule is CN=C(NCCC(=O)Nc1cccc(C)n1)NCc1ccc(C(=O)N(C)C)cc1. The minimum absolute atomic E-state index is 0.0267. The number of nitrogens with one attached hydrogen (secondary N) is 3. The van der Waals surface area contributed by atoms with Crippen molar-refractivity contribution < 1.29 is 9.59 Å². The van der Waals surface area contributed by atoms with E-state index in [0.29, 0.717) is 30.4 Å². The van der Waals surface area contributed by atoms with Crippen LogP contribution in [0.3, 0.4) is 0 Å². The molecular formula is C21H28N6O2. The van der Waals surface area contributed by atoms with Gasteiger partial charge >= 0.3 is 0 Å². The summed E-state index contributed by atoms with van der Waals surface area (Å²) in [6.45, 7) is 2.86. The van der Waals surface area contributed by atoms with E-state index in [1.54, 1.807) is 44.2 Å². The van der Waals surface area contributed by atoms with Gasteiger partial charge in [-0.2, -0.15) is 0 Å². The van der Waals surface area contributed by atoms with Crippen LogP contribution in [0, 0.1) is 6.92 Å². The van der Waals surface area contributed by atoms with Gasteiger partial charge in [0.05, 0.1) is 0 Å². The molecule has 0 aliphatic heterocycles. The van der Waals surface area contributed by atoms with Gasteiger partial charge in [-0.1, -0.05) is 18.2 Å². The van der Waals surface area contributed by atoms with Crippen LogP contribution in [0.5, 0.6) is 0 Å². The lowest BCUT2D eigenvalue weighted by Gasteiger charge is -2.13. The van der Waals surface area contributed by atoms with Gasteiger partial charge in [0.25, 0.3) is 5.91 Å². The molecule has 0 radical (unpaired) electrons. The van der Waals surface area contributed by atoms with E-state index in [2.05, 4.69) is 25.9 Å². The first-order chi connectivity index (χ1) is 13.9. The van der Waals surface area contributed by atoms with Gasteiger partial charge in [0.2, 0.25) is 5.91 Å². The van der Waals surface area contributed by atoms with Crippen LogP contribution < -0.4 is 16.0 Å². The third-order valence-electron chi connectivity index (χ3n) is 4.09. The molecule has 1 aromatic heterocycles. The molecule has 0 unspecified atom stereocenters. The number of rotatable bonds is 7. The smallest absolute Gasteiger partial charge is 0.253 e. The molecule has 0 fully saturated rings. The van der Waals surface area contributed by atoms with Gasteiger partial charge in [0.1, 0.15) is 5.82 Å². The molecule has 29 heavy (non-hydrogen) atoms. The number of benzene rings is 1. The molecule has 0 saturated heterocycles. The Balaban J connectivity index is 1.75. The standard InChI is InChI=1S/C21H28N6O2/c1-15-6-5-7-18(25-15)26-19(28)12-13-23-21(22-2)24-14-16-8-10-17(11-9-16)20(29)27(3)4/h5-11H,12-14H2,1-4H3,(H2,22,23,24)(H,25,26,28). The Labute approximate surface area is 171 Å². The number of hydrogen-bond donors (Lipinski definition) is 3. The lowest BCUT2D eigenvalue weighted by atomic mass is 10.1. The Hall–Kier alpha value is -3.42. The quantitative estimate of drug-likeness (QED) is 0.490. The maximum Gasteiger partial charge on any atom is 0.253 e. The normalized spacial score (nSPS) is 11.0.